The maximum absolute atomic E-state index is 4.91. The van der Waals surface area contributed by atoms with E-state index in [1.54, 1.807) is 0 Å². The van der Waals surface area contributed by atoms with Crippen LogP contribution in [-0.4, -0.2) is 16.5 Å². The van der Waals surface area contributed by atoms with Gasteiger partial charge in [0.25, 0.3) is 0 Å². The molecule has 0 saturated heterocycles. The molecule has 1 N–H and O–H groups in total. The Morgan fingerprint density at radius 3 is 2.76 bits per heavy atom. The van der Waals surface area contributed by atoms with Gasteiger partial charge in [-0.3, -0.25) is 4.98 Å². The quantitative estimate of drug-likeness (QED) is 0.742. The summed E-state index contributed by atoms with van der Waals surface area (Å²) in [5.41, 5.74) is 3.79. The first-order valence-corrected chi connectivity index (χ1v) is 8.74. The van der Waals surface area contributed by atoms with Gasteiger partial charge in [0, 0.05) is 29.4 Å². The highest BCUT2D eigenvalue weighted by molar-refractivity contribution is 7.15. The topological polar surface area (TPSA) is 37.8 Å². The molecule has 0 aliphatic heterocycles. The molecule has 2 aromatic heterocycles. The van der Waals surface area contributed by atoms with Gasteiger partial charge in [0.05, 0.1) is 5.69 Å². The number of nitrogens with zero attached hydrogens (tertiary/aromatic N) is 2. The zero-order chi connectivity index (χ0) is 15.1. The van der Waals surface area contributed by atoms with Crippen molar-refractivity contribution in [1.82, 2.24) is 15.3 Å². The smallest absolute Gasteiger partial charge is 0.124 e. The Balaban J connectivity index is 2.29. The molecule has 2 rings (SSSR count). The van der Waals surface area contributed by atoms with Crippen LogP contribution in [0.1, 0.15) is 49.7 Å². The number of pyridine rings is 1. The van der Waals surface area contributed by atoms with Crippen molar-refractivity contribution in [2.24, 2.45) is 0 Å². The van der Waals surface area contributed by atoms with Crippen LogP contribution in [0.25, 0.3) is 10.6 Å². The van der Waals surface area contributed by atoms with Crippen LogP contribution in [-0.2, 0) is 19.4 Å². The van der Waals surface area contributed by atoms with Crippen molar-refractivity contribution in [3.05, 3.63) is 34.6 Å². The molecule has 21 heavy (non-hydrogen) atoms. The molecule has 114 valence electrons. The summed E-state index contributed by atoms with van der Waals surface area (Å²) in [5, 5.41) is 4.65. The molecule has 0 unspecified atom stereocenters. The number of nitrogens with one attached hydrogen (secondary N) is 1. The molecule has 0 amide bonds. The molecule has 0 aliphatic carbocycles. The Kier molecular flexibility index (Phi) is 6.33. The monoisotopic (exact) mass is 303 g/mol. The van der Waals surface area contributed by atoms with E-state index >= 15 is 0 Å². The lowest BCUT2D eigenvalue weighted by Crippen LogP contribution is -2.13. The molecule has 0 aliphatic rings. The van der Waals surface area contributed by atoms with Gasteiger partial charge in [0.2, 0.25) is 0 Å². The maximum Gasteiger partial charge on any atom is 0.124 e. The van der Waals surface area contributed by atoms with Gasteiger partial charge >= 0.3 is 0 Å². The second kappa shape index (κ2) is 8.25. The van der Waals surface area contributed by atoms with E-state index in [0.717, 1.165) is 37.4 Å². The lowest BCUT2D eigenvalue weighted by molar-refractivity contribution is 0.674. The number of aromatic nitrogens is 2. The predicted octanol–water partition coefficient (Wildman–Crippen LogP) is 4.22. The summed E-state index contributed by atoms with van der Waals surface area (Å²) in [5.74, 6) is 0. The second-order valence-corrected chi connectivity index (χ2v) is 6.29. The molecule has 0 spiro atoms. The molecule has 0 fully saturated rings. The van der Waals surface area contributed by atoms with Gasteiger partial charge in [0.1, 0.15) is 5.01 Å². The third-order valence-electron chi connectivity index (χ3n) is 3.49. The largest absolute Gasteiger partial charge is 0.312 e. The van der Waals surface area contributed by atoms with Gasteiger partial charge in [0.15, 0.2) is 0 Å². The average Bonchev–Trinajstić information content (AvgIpc) is 2.91. The Morgan fingerprint density at radius 2 is 2.05 bits per heavy atom. The van der Waals surface area contributed by atoms with Gasteiger partial charge in [-0.15, -0.1) is 11.3 Å². The molecule has 2 heterocycles. The van der Waals surface area contributed by atoms with Crippen LogP contribution < -0.4 is 5.32 Å². The van der Waals surface area contributed by atoms with Crippen molar-refractivity contribution in [3.63, 3.8) is 0 Å². The Bertz CT molecular complexity index is 563. The highest BCUT2D eigenvalue weighted by atomic mass is 32.1. The molecular formula is C17H25N3S. The molecule has 0 radical (unpaired) electrons. The number of rotatable bonds is 8. The minimum Gasteiger partial charge on any atom is -0.312 e. The van der Waals surface area contributed by atoms with Crippen molar-refractivity contribution >= 4 is 11.3 Å². The van der Waals surface area contributed by atoms with Crippen molar-refractivity contribution in [2.45, 2.75) is 53.0 Å². The third kappa shape index (κ3) is 4.11. The Morgan fingerprint density at radius 1 is 1.19 bits per heavy atom. The minimum absolute atomic E-state index is 0.938. The van der Waals surface area contributed by atoms with Gasteiger partial charge in [-0.1, -0.05) is 27.2 Å². The van der Waals surface area contributed by atoms with E-state index in [1.165, 1.54) is 28.1 Å². The lowest BCUT2D eigenvalue weighted by atomic mass is 10.1. The number of hydrogen-bond donors (Lipinski definition) is 1. The first-order chi connectivity index (χ1) is 10.3. The molecule has 0 bridgehead atoms. The summed E-state index contributed by atoms with van der Waals surface area (Å²) < 4.78 is 0. The zero-order valence-electron chi connectivity index (χ0n) is 13.3. The van der Waals surface area contributed by atoms with Crippen LogP contribution in [0.4, 0.5) is 0 Å². The fourth-order valence-electron chi connectivity index (χ4n) is 2.37. The molecule has 4 heteroatoms. The van der Waals surface area contributed by atoms with E-state index in [4.69, 9.17) is 4.98 Å². The van der Waals surface area contributed by atoms with Crippen molar-refractivity contribution in [3.8, 4) is 10.6 Å². The summed E-state index contributed by atoms with van der Waals surface area (Å²) in [4.78, 5) is 10.5. The van der Waals surface area contributed by atoms with E-state index in [1.807, 2.05) is 23.7 Å². The standard InChI is InChI=1S/C17H25N3S/c1-4-7-15-16(12-18-9-5-2)21-17(20-15)14-8-10-19-11-13(14)6-3/h8,10-11,18H,4-7,9,12H2,1-3H3. The van der Waals surface area contributed by atoms with Gasteiger partial charge < -0.3 is 5.32 Å². The summed E-state index contributed by atoms with van der Waals surface area (Å²) in [6, 6.07) is 2.09. The van der Waals surface area contributed by atoms with E-state index in [-0.39, 0.29) is 0 Å². The summed E-state index contributed by atoms with van der Waals surface area (Å²) in [6.45, 7) is 8.58. The van der Waals surface area contributed by atoms with Crippen molar-refractivity contribution < 1.29 is 0 Å². The van der Waals surface area contributed by atoms with E-state index in [0.29, 0.717) is 0 Å². The van der Waals surface area contributed by atoms with Gasteiger partial charge in [-0.25, -0.2) is 4.98 Å². The lowest BCUT2D eigenvalue weighted by Gasteiger charge is -2.02. The minimum atomic E-state index is 0.938. The third-order valence-corrected chi connectivity index (χ3v) is 4.62. The van der Waals surface area contributed by atoms with Crippen molar-refractivity contribution in [1.29, 1.82) is 0 Å². The summed E-state index contributed by atoms with van der Waals surface area (Å²) in [6.07, 6.45) is 8.19. The Labute approximate surface area is 131 Å². The predicted molar refractivity (Wildman–Crippen MR) is 90.7 cm³/mol. The highest BCUT2D eigenvalue weighted by Crippen LogP contribution is 2.31. The van der Waals surface area contributed by atoms with E-state index in [9.17, 15) is 0 Å². The molecule has 0 atom stereocenters. The van der Waals surface area contributed by atoms with Crippen LogP contribution in [0, 0.1) is 0 Å². The van der Waals surface area contributed by atoms with Gasteiger partial charge in [-0.2, -0.15) is 0 Å². The molecule has 0 aromatic carbocycles. The normalized spacial score (nSPS) is 11.0. The first-order valence-electron chi connectivity index (χ1n) is 7.92. The van der Waals surface area contributed by atoms with Crippen molar-refractivity contribution in [2.75, 3.05) is 6.54 Å². The number of thiazole rings is 1. The molecule has 3 nitrogen and oxygen atoms in total. The average molecular weight is 303 g/mol. The van der Waals surface area contributed by atoms with E-state index < -0.39 is 0 Å². The first kappa shape index (κ1) is 16.1. The van der Waals surface area contributed by atoms with Crippen LogP contribution in [0.15, 0.2) is 18.5 Å². The van der Waals surface area contributed by atoms with Gasteiger partial charge in [-0.05, 0) is 37.4 Å². The van der Waals surface area contributed by atoms with Crippen LogP contribution in [0.3, 0.4) is 0 Å². The fraction of sp³-hybridized carbons (Fsp3) is 0.529. The van der Waals surface area contributed by atoms with E-state index in [2.05, 4.69) is 37.1 Å². The Hall–Kier alpha value is -1.26. The zero-order valence-corrected chi connectivity index (χ0v) is 14.1. The van der Waals surface area contributed by atoms with Crippen LogP contribution in [0.5, 0.6) is 0 Å². The molecular weight excluding hydrogens is 278 g/mol. The highest BCUT2D eigenvalue weighted by Gasteiger charge is 2.13. The summed E-state index contributed by atoms with van der Waals surface area (Å²) in [7, 11) is 0. The number of hydrogen-bond acceptors (Lipinski definition) is 4. The summed E-state index contributed by atoms with van der Waals surface area (Å²) >= 11 is 1.83. The van der Waals surface area contributed by atoms with Crippen LogP contribution in [0.2, 0.25) is 0 Å². The molecule has 0 saturated carbocycles. The molecule has 2 aromatic rings. The second-order valence-electron chi connectivity index (χ2n) is 5.20. The number of aryl methyl sites for hydroxylation is 2. The SMILES string of the molecule is CCCNCc1sc(-c2ccncc2CC)nc1CCC. The van der Waals surface area contributed by atoms with Crippen LogP contribution >= 0.6 is 11.3 Å². The fourth-order valence-corrected chi connectivity index (χ4v) is 3.50. The maximum atomic E-state index is 4.91.